The molecule has 0 bridgehead atoms. The highest BCUT2D eigenvalue weighted by atomic mass is 32.2. The van der Waals surface area contributed by atoms with Gasteiger partial charge in [0.15, 0.2) is 0 Å². The van der Waals surface area contributed by atoms with Crippen molar-refractivity contribution in [2.45, 2.75) is 30.8 Å². The van der Waals surface area contributed by atoms with Crippen LogP contribution in [0.3, 0.4) is 0 Å². The Morgan fingerprint density at radius 3 is 2.67 bits per heavy atom. The summed E-state index contributed by atoms with van der Waals surface area (Å²) in [6.45, 7) is 2.30. The molecule has 0 aliphatic carbocycles. The standard InChI is InChI=1S/C14H16N4O2S/c1-12(10-18-9-8-16-11-18)17-21(19,20)14-4-2-13(3-5-14)6-7-15/h2-5,8-9,11-12,17H,6,10H2,1H3. The number of aromatic nitrogens is 2. The molecule has 0 saturated carbocycles. The normalized spacial score (nSPS) is 12.8. The fourth-order valence-electron chi connectivity index (χ4n) is 1.96. The number of nitrogens with zero attached hydrogens (tertiary/aromatic N) is 3. The predicted molar refractivity (Wildman–Crippen MR) is 77.8 cm³/mol. The van der Waals surface area contributed by atoms with Gasteiger partial charge in [0.2, 0.25) is 10.0 Å². The van der Waals surface area contributed by atoms with Gasteiger partial charge in [0.25, 0.3) is 0 Å². The lowest BCUT2D eigenvalue weighted by Crippen LogP contribution is -2.35. The smallest absolute Gasteiger partial charge is 0.240 e. The average Bonchev–Trinajstić information content (AvgIpc) is 2.92. The number of imidazole rings is 1. The zero-order chi connectivity index (χ0) is 15.3. The van der Waals surface area contributed by atoms with Crippen molar-refractivity contribution >= 4 is 10.0 Å². The molecule has 7 heteroatoms. The van der Waals surface area contributed by atoms with Gasteiger partial charge >= 0.3 is 0 Å². The third kappa shape index (κ3) is 4.15. The molecular weight excluding hydrogens is 288 g/mol. The van der Waals surface area contributed by atoms with Crippen LogP contribution in [0, 0.1) is 11.3 Å². The minimum Gasteiger partial charge on any atom is -0.336 e. The van der Waals surface area contributed by atoms with E-state index in [0.29, 0.717) is 6.54 Å². The van der Waals surface area contributed by atoms with Crippen LogP contribution in [0.4, 0.5) is 0 Å². The van der Waals surface area contributed by atoms with E-state index in [1.165, 1.54) is 12.1 Å². The minimum absolute atomic E-state index is 0.196. The van der Waals surface area contributed by atoms with E-state index in [-0.39, 0.29) is 17.4 Å². The second-order valence-corrected chi connectivity index (χ2v) is 6.47. The van der Waals surface area contributed by atoms with E-state index in [1.807, 2.05) is 10.6 Å². The summed E-state index contributed by atoms with van der Waals surface area (Å²) in [5, 5.41) is 8.60. The zero-order valence-electron chi connectivity index (χ0n) is 11.6. The van der Waals surface area contributed by atoms with Crippen LogP contribution in [-0.4, -0.2) is 24.0 Å². The largest absolute Gasteiger partial charge is 0.336 e. The molecule has 0 fully saturated rings. The van der Waals surface area contributed by atoms with Crippen LogP contribution in [-0.2, 0) is 23.0 Å². The van der Waals surface area contributed by atoms with Gasteiger partial charge in [0, 0.05) is 25.0 Å². The third-order valence-corrected chi connectivity index (χ3v) is 4.52. The van der Waals surface area contributed by atoms with Crippen molar-refractivity contribution in [1.82, 2.24) is 14.3 Å². The van der Waals surface area contributed by atoms with Gasteiger partial charge in [-0.3, -0.25) is 0 Å². The van der Waals surface area contributed by atoms with E-state index in [9.17, 15) is 8.42 Å². The van der Waals surface area contributed by atoms with Crippen molar-refractivity contribution in [2.75, 3.05) is 0 Å². The number of nitriles is 1. The lowest BCUT2D eigenvalue weighted by molar-refractivity contribution is 0.520. The Morgan fingerprint density at radius 2 is 2.10 bits per heavy atom. The SMILES string of the molecule is CC(Cn1ccnc1)NS(=O)(=O)c1ccc(CC#N)cc1. The molecule has 0 saturated heterocycles. The fourth-order valence-corrected chi connectivity index (χ4v) is 3.19. The molecule has 0 aliphatic heterocycles. The monoisotopic (exact) mass is 304 g/mol. The highest BCUT2D eigenvalue weighted by Crippen LogP contribution is 2.11. The first-order chi connectivity index (χ1) is 10.0. The molecule has 2 aromatic rings. The van der Waals surface area contributed by atoms with E-state index in [1.54, 1.807) is 37.8 Å². The number of rotatable bonds is 6. The second-order valence-electron chi connectivity index (χ2n) is 4.76. The molecule has 21 heavy (non-hydrogen) atoms. The van der Waals surface area contributed by atoms with Crippen molar-refractivity contribution in [3.05, 3.63) is 48.5 Å². The maximum Gasteiger partial charge on any atom is 0.240 e. The Morgan fingerprint density at radius 1 is 1.38 bits per heavy atom. The molecular formula is C14H16N4O2S. The number of benzene rings is 1. The molecule has 1 aromatic carbocycles. The Balaban J connectivity index is 2.05. The summed E-state index contributed by atoms with van der Waals surface area (Å²) in [6.07, 6.45) is 5.34. The summed E-state index contributed by atoms with van der Waals surface area (Å²) in [5.41, 5.74) is 0.794. The van der Waals surface area contributed by atoms with Gasteiger partial charge in [0.1, 0.15) is 0 Å². The lowest BCUT2D eigenvalue weighted by atomic mass is 10.2. The van der Waals surface area contributed by atoms with Crippen LogP contribution in [0.15, 0.2) is 47.9 Å². The third-order valence-electron chi connectivity index (χ3n) is 2.92. The first kappa shape index (κ1) is 15.2. The Labute approximate surface area is 124 Å². The molecule has 1 heterocycles. The van der Waals surface area contributed by atoms with Gasteiger partial charge < -0.3 is 4.57 Å². The van der Waals surface area contributed by atoms with Gasteiger partial charge in [-0.2, -0.15) is 5.26 Å². The van der Waals surface area contributed by atoms with Crippen molar-refractivity contribution in [3.8, 4) is 6.07 Å². The fraction of sp³-hybridized carbons (Fsp3) is 0.286. The highest BCUT2D eigenvalue weighted by Gasteiger charge is 2.17. The summed E-state index contributed by atoms with van der Waals surface area (Å²) in [4.78, 5) is 4.11. The molecule has 0 amide bonds. The number of sulfonamides is 1. The van der Waals surface area contributed by atoms with E-state index in [2.05, 4.69) is 9.71 Å². The maximum atomic E-state index is 12.2. The summed E-state index contributed by atoms with van der Waals surface area (Å²) in [5.74, 6) is 0. The van der Waals surface area contributed by atoms with E-state index >= 15 is 0 Å². The molecule has 110 valence electrons. The van der Waals surface area contributed by atoms with Crippen LogP contribution in [0.5, 0.6) is 0 Å². The van der Waals surface area contributed by atoms with Crippen LogP contribution in [0.2, 0.25) is 0 Å². The maximum absolute atomic E-state index is 12.2. The van der Waals surface area contributed by atoms with Crippen LogP contribution < -0.4 is 4.72 Å². The molecule has 0 aliphatic rings. The average molecular weight is 304 g/mol. The quantitative estimate of drug-likeness (QED) is 0.871. The van der Waals surface area contributed by atoms with Crippen LogP contribution >= 0.6 is 0 Å². The summed E-state index contributed by atoms with van der Waals surface area (Å²) in [7, 11) is -3.56. The Kier molecular flexibility index (Phi) is 4.73. The Bertz CT molecular complexity index is 715. The molecule has 0 spiro atoms. The van der Waals surface area contributed by atoms with Crippen molar-refractivity contribution in [2.24, 2.45) is 0 Å². The van der Waals surface area contributed by atoms with Crippen molar-refractivity contribution < 1.29 is 8.42 Å². The van der Waals surface area contributed by atoms with Crippen molar-refractivity contribution in [3.63, 3.8) is 0 Å². The molecule has 1 aromatic heterocycles. The summed E-state index contributed by atoms with van der Waals surface area (Å²) in [6, 6.07) is 8.09. The Hall–Kier alpha value is -2.17. The molecule has 1 atom stereocenters. The van der Waals surface area contributed by atoms with E-state index in [4.69, 9.17) is 5.26 Å². The van der Waals surface area contributed by atoms with Gasteiger partial charge in [-0.1, -0.05) is 12.1 Å². The molecule has 1 unspecified atom stereocenters. The lowest BCUT2D eigenvalue weighted by Gasteiger charge is -2.14. The number of hydrogen-bond acceptors (Lipinski definition) is 4. The number of hydrogen-bond donors (Lipinski definition) is 1. The zero-order valence-corrected chi connectivity index (χ0v) is 12.4. The molecule has 6 nitrogen and oxygen atoms in total. The van der Waals surface area contributed by atoms with Crippen molar-refractivity contribution in [1.29, 1.82) is 5.26 Å². The van der Waals surface area contributed by atoms with Crippen LogP contribution in [0.1, 0.15) is 12.5 Å². The predicted octanol–water partition coefficient (Wildman–Crippen LogP) is 1.32. The molecule has 1 N–H and O–H groups in total. The van der Waals surface area contributed by atoms with Gasteiger partial charge in [-0.25, -0.2) is 18.1 Å². The van der Waals surface area contributed by atoms with Crippen LogP contribution in [0.25, 0.3) is 0 Å². The number of nitrogens with one attached hydrogen (secondary N) is 1. The minimum atomic E-state index is -3.56. The molecule has 0 radical (unpaired) electrons. The first-order valence-electron chi connectivity index (χ1n) is 6.45. The van der Waals surface area contributed by atoms with Gasteiger partial charge in [0.05, 0.1) is 23.7 Å². The van der Waals surface area contributed by atoms with Gasteiger partial charge in [-0.05, 0) is 24.6 Å². The van der Waals surface area contributed by atoms with E-state index in [0.717, 1.165) is 5.56 Å². The summed E-state index contributed by atoms with van der Waals surface area (Å²) < 4.78 is 28.9. The van der Waals surface area contributed by atoms with Gasteiger partial charge in [-0.15, -0.1) is 0 Å². The topological polar surface area (TPSA) is 87.8 Å². The summed E-state index contributed by atoms with van der Waals surface area (Å²) >= 11 is 0. The first-order valence-corrected chi connectivity index (χ1v) is 7.93. The second kappa shape index (κ2) is 6.52. The molecule has 2 rings (SSSR count). The highest BCUT2D eigenvalue weighted by molar-refractivity contribution is 7.89. The van der Waals surface area contributed by atoms with E-state index < -0.39 is 10.0 Å².